The van der Waals surface area contributed by atoms with Crippen molar-refractivity contribution in [2.45, 2.75) is 19.4 Å². The Labute approximate surface area is 152 Å². The molecule has 0 N–H and O–H groups in total. The molecule has 0 fully saturated rings. The first kappa shape index (κ1) is 17.8. The Morgan fingerprint density at radius 2 is 1.88 bits per heavy atom. The van der Waals surface area contributed by atoms with Crippen molar-refractivity contribution in [1.82, 2.24) is 0 Å². The molecule has 1 aliphatic rings. The monoisotopic (exact) mass is 355 g/mol. The quantitative estimate of drug-likeness (QED) is 0.772. The number of benzene rings is 2. The summed E-state index contributed by atoms with van der Waals surface area (Å²) in [5, 5.41) is 0. The van der Waals surface area contributed by atoms with Crippen LogP contribution < -0.4 is 14.4 Å². The molecule has 0 saturated heterocycles. The highest BCUT2D eigenvalue weighted by Gasteiger charge is 2.30. The molecule has 26 heavy (non-hydrogen) atoms. The molecule has 0 aliphatic carbocycles. The van der Waals surface area contributed by atoms with E-state index in [1.54, 1.807) is 17.0 Å². The minimum atomic E-state index is -0.464. The number of anilines is 1. The number of carbonyl (C=O) groups excluding carboxylic acids is 2. The fourth-order valence-corrected chi connectivity index (χ4v) is 3.19. The first-order valence-electron chi connectivity index (χ1n) is 8.34. The van der Waals surface area contributed by atoms with Crippen LogP contribution in [0.1, 0.15) is 22.8 Å². The van der Waals surface area contributed by atoms with Gasteiger partial charge in [0.25, 0.3) is 5.91 Å². The summed E-state index contributed by atoms with van der Waals surface area (Å²) in [6.07, 6.45) is 0.832. The lowest BCUT2D eigenvalue weighted by Gasteiger charge is -2.23. The van der Waals surface area contributed by atoms with Gasteiger partial charge in [-0.3, -0.25) is 4.79 Å². The first-order chi connectivity index (χ1) is 12.5. The van der Waals surface area contributed by atoms with Crippen LogP contribution in [0.25, 0.3) is 0 Å². The smallest absolute Gasteiger partial charge is 0.337 e. The number of hydrogen-bond acceptors (Lipinski definition) is 5. The zero-order valence-corrected chi connectivity index (χ0v) is 15.0. The van der Waals surface area contributed by atoms with Crippen LogP contribution in [0.15, 0.2) is 42.5 Å². The van der Waals surface area contributed by atoms with Crippen LogP contribution in [0, 0.1) is 0 Å². The number of carbonyl (C=O) groups is 2. The number of nitrogens with zero attached hydrogens (tertiary/aromatic N) is 1. The second-order valence-corrected chi connectivity index (χ2v) is 6.09. The summed E-state index contributed by atoms with van der Waals surface area (Å²) in [6.45, 7) is 1.90. The molecular weight excluding hydrogens is 334 g/mol. The largest absolute Gasteiger partial charge is 0.493 e. The molecule has 136 valence electrons. The minimum absolute atomic E-state index is 0.0899. The van der Waals surface area contributed by atoms with Gasteiger partial charge in [0.05, 0.1) is 19.8 Å². The maximum Gasteiger partial charge on any atom is 0.337 e. The van der Waals surface area contributed by atoms with E-state index in [9.17, 15) is 9.59 Å². The molecule has 1 heterocycles. The number of amides is 1. The molecule has 6 nitrogen and oxygen atoms in total. The molecule has 1 aliphatic heterocycles. The van der Waals surface area contributed by atoms with Crippen LogP contribution in [0.3, 0.4) is 0 Å². The Bertz CT molecular complexity index is 833. The van der Waals surface area contributed by atoms with E-state index < -0.39 is 5.97 Å². The second-order valence-electron chi connectivity index (χ2n) is 6.09. The molecule has 6 heteroatoms. The van der Waals surface area contributed by atoms with Gasteiger partial charge in [0.1, 0.15) is 0 Å². The molecule has 0 bridgehead atoms. The van der Waals surface area contributed by atoms with Gasteiger partial charge in [-0.25, -0.2) is 4.79 Å². The lowest BCUT2D eigenvalue weighted by Crippen LogP contribution is -2.39. The third kappa shape index (κ3) is 3.35. The predicted molar refractivity (Wildman–Crippen MR) is 96.9 cm³/mol. The van der Waals surface area contributed by atoms with E-state index in [1.807, 2.05) is 31.2 Å². The van der Waals surface area contributed by atoms with E-state index in [0.29, 0.717) is 17.1 Å². The number of hydrogen-bond donors (Lipinski definition) is 0. The summed E-state index contributed by atoms with van der Waals surface area (Å²) in [6, 6.07) is 12.7. The van der Waals surface area contributed by atoms with Gasteiger partial charge >= 0.3 is 5.97 Å². The fourth-order valence-electron chi connectivity index (χ4n) is 3.19. The van der Waals surface area contributed by atoms with E-state index in [4.69, 9.17) is 14.2 Å². The Morgan fingerprint density at radius 3 is 2.62 bits per heavy atom. The van der Waals surface area contributed by atoms with Gasteiger partial charge < -0.3 is 19.1 Å². The predicted octanol–water partition coefficient (Wildman–Crippen LogP) is 2.84. The molecule has 0 aromatic heterocycles. The highest BCUT2D eigenvalue weighted by Crippen LogP contribution is 2.32. The number of esters is 1. The number of rotatable bonds is 5. The van der Waals surface area contributed by atoms with Gasteiger partial charge in [-0.05, 0) is 43.2 Å². The molecule has 2 aromatic rings. The van der Waals surface area contributed by atoms with Crippen molar-refractivity contribution >= 4 is 17.6 Å². The zero-order valence-electron chi connectivity index (χ0n) is 15.0. The summed E-state index contributed by atoms with van der Waals surface area (Å²) >= 11 is 0. The van der Waals surface area contributed by atoms with Gasteiger partial charge in [-0.2, -0.15) is 0 Å². The van der Waals surface area contributed by atoms with Gasteiger partial charge in [0.15, 0.2) is 18.1 Å². The minimum Gasteiger partial charge on any atom is -0.493 e. The molecule has 1 amide bonds. The highest BCUT2D eigenvalue weighted by atomic mass is 16.5. The van der Waals surface area contributed by atoms with Crippen molar-refractivity contribution in [3.8, 4) is 11.5 Å². The molecule has 3 rings (SSSR count). The van der Waals surface area contributed by atoms with E-state index in [0.717, 1.165) is 17.7 Å². The number of para-hydroxylation sites is 1. The lowest BCUT2D eigenvalue weighted by molar-refractivity contribution is -0.120. The SMILES string of the molecule is COC(=O)c1ccc(OCC(=O)N2c3ccccc3C[C@@H]2C)c(OC)c1. The first-order valence-corrected chi connectivity index (χ1v) is 8.34. The fraction of sp³-hybridized carbons (Fsp3) is 0.300. The Morgan fingerprint density at radius 1 is 1.12 bits per heavy atom. The van der Waals surface area contributed by atoms with E-state index in [1.165, 1.54) is 20.3 Å². The van der Waals surface area contributed by atoms with Crippen LogP contribution in [0.2, 0.25) is 0 Å². The van der Waals surface area contributed by atoms with Gasteiger partial charge in [-0.15, -0.1) is 0 Å². The van der Waals surface area contributed by atoms with E-state index in [-0.39, 0.29) is 18.6 Å². The van der Waals surface area contributed by atoms with Gasteiger partial charge in [-0.1, -0.05) is 18.2 Å². The van der Waals surface area contributed by atoms with E-state index in [2.05, 4.69) is 0 Å². The third-order valence-corrected chi connectivity index (χ3v) is 4.41. The van der Waals surface area contributed by atoms with Crippen molar-refractivity contribution in [1.29, 1.82) is 0 Å². The third-order valence-electron chi connectivity index (χ3n) is 4.41. The number of fused-ring (bicyclic) bond motifs is 1. The highest BCUT2D eigenvalue weighted by molar-refractivity contribution is 5.97. The molecule has 1 atom stereocenters. The standard InChI is InChI=1S/C20H21NO5/c1-13-10-14-6-4-5-7-16(14)21(13)19(22)12-26-17-9-8-15(20(23)25-3)11-18(17)24-2/h4-9,11,13H,10,12H2,1-3H3/t13-/m0/s1. The Hall–Kier alpha value is -3.02. The molecular formula is C20H21NO5. The zero-order chi connectivity index (χ0) is 18.7. The molecule has 2 aromatic carbocycles. The Kier molecular flexibility index (Phi) is 5.11. The molecule has 0 saturated carbocycles. The van der Waals surface area contributed by atoms with Crippen molar-refractivity contribution in [3.63, 3.8) is 0 Å². The van der Waals surface area contributed by atoms with Gasteiger partial charge in [0.2, 0.25) is 0 Å². The maximum atomic E-state index is 12.7. The molecule has 0 spiro atoms. The van der Waals surface area contributed by atoms with Crippen LogP contribution in [0.4, 0.5) is 5.69 Å². The summed E-state index contributed by atoms with van der Waals surface area (Å²) in [7, 11) is 2.79. The van der Waals surface area contributed by atoms with Crippen LogP contribution in [0.5, 0.6) is 11.5 Å². The van der Waals surface area contributed by atoms with Crippen molar-refractivity contribution < 1.29 is 23.8 Å². The van der Waals surface area contributed by atoms with Crippen molar-refractivity contribution in [2.75, 3.05) is 25.7 Å². The van der Waals surface area contributed by atoms with E-state index >= 15 is 0 Å². The maximum absolute atomic E-state index is 12.7. The van der Waals surface area contributed by atoms with Crippen LogP contribution >= 0.6 is 0 Å². The average molecular weight is 355 g/mol. The summed E-state index contributed by atoms with van der Waals surface area (Å²) < 4.78 is 15.6. The summed E-state index contributed by atoms with van der Waals surface area (Å²) in [5.74, 6) is 0.180. The van der Waals surface area contributed by atoms with Crippen molar-refractivity contribution in [3.05, 3.63) is 53.6 Å². The van der Waals surface area contributed by atoms with Crippen molar-refractivity contribution in [2.24, 2.45) is 0 Å². The van der Waals surface area contributed by atoms with Gasteiger partial charge in [0, 0.05) is 11.7 Å². The second kappa shape index (κ2) is 7.47. The normalized spacial score (nSPS) is 15.3. The summed E-state index contributed by atoms with van der Waals surface area (Å²) in [4.78, 5) is 26.1. The topological polar surface area (TPSA) is 65.1 Å². The molecule has 0 unspecified atom stereocenters. The summed E-state index contributed by atoms with van der Waals surface area (Å²) in [5.41, 5.74) is 2.44. The average Bonchev–Trinajstić information content (AvgIpc) is 3.01. The Balaban J connectivity index is 1.73. The van der Waals surface area contributed by atoms with Crippen LogP contribution in [-0.4, -0.2) is 38.7 Å². The van der Waals surface area contributed by atoms with Crippen LogP contribution in [-0.2, 0) is 16.0 Å². The number of ether oxygens (including phenoxy) is 3. The molecule has 0 radical (unpaired) electrons. The lowest BCUT2D eigenvalue weighted by atomic mass is 10.1. The number of methoxy groups -OCH3 is 2.